The Hall–Kier alpha value is -3.55. The SMILES string of the molecule is Cn1cnc(-c2ccc(F)cc2)c1NC(=O)c1cccc2n[nH]nc12. The molecule has 0 aliphatic heterocycles. The number of imidazole rings is 1. The highest BCUT2D eigenvalue weighted by Crippen LogP contribution is 2.27. The first kappa shape index (κ1) is 15.0. The number of aromatic amines is 1. The van der Waals surface area contributed by atoms with Gasteiger partial charge in [0, 0.05) is 12.6 Å². The Bertz CT molecular complexity index is 1070. The molecule has 0 bridgehead atoms. The molecule has 0 radical (unpaired) electrons. The number of aryl methyl sites for hydroxylation is 1. The lowest BCUT2D eigenvalue weighted by Crippen LogP contribution is -2.15. The molecule has 4 aromatic rings. The van der Waals surface area contributed by atoms with Gasteiger partial charge in [-0.1, -0.05) is 6.07 Å². The normalized spacial score (nSPS) is 11.0. The topological polar surface area (TPSA) is 88.5 Å². The van der Waals surface area contributed by atoms with Gasteiger partial charge >= 0.3 is 0 Å². The van der Waals surface area contributed by atoms with E-state index in [1.165, 1.54) is 12.1 Å². The van der Waals surface area contributed by atoms with E-state index in [0.29, 0.717) is 33.7 Å². The predicted molar refractivity (Wildman–Crippen MR) is 90.4 cm³/mol. The molecule has 0 fully saturated rings. The van der Waals surface area contributed by atoms with E-state index >= 15 is 0 Å². The van der Waals surface area contributed by atoms with Crippen molar-refractivity contribution in [3.63, 3.8) is 0 Å². The number of hydrogen-bond donors (Lipinski definition) is 2. The smallest absolute Gasteiger partial charge is 0.259 e. The molecular weight excluding hydrogens is 323 g/mol. The first-order valence-corrected chi connectivity index (χ1v) is 7.51. The number of nitrogens with one attached hydrogen (secondary N) is 2. The van der Waals surface area contributed by atoms with Crippen LogP contribution in [0.4, 0.5) is 10.2 Å². The molecule has 2 heterocycles. The Morgan fingerprint density at radius 2 is 1.96 bits per heavy atom. The number of rotatable bonds is 3. The summed E-state index contributed by atoms with van der Waals surface area (Å²) in [6.07, 6.45) is 1.59. The number of halogens is 1. The van der Waals surface area contributed by atoms with Gasteiger partial charge in [-0.3, -0.25) is 4.79 Å². The third-order valence-corrected chi connectivity index (χ3v) is 3.88. The Morgan fingerprint density at radius 3 is 2.76 bits per heavy atom. The van der Waals surface area contributed by atoms with Gasteiger partial charge in [0.1, 0.15) is 28.4 Å². The minimum atomic E-state index is -0.331. The zero-order valence-corrected chi connectivity index (χ0v) is 13.2. The van der Waals surface area contributed by atoms with E-state index in [1.54, 1.807) is 48.3 Å². The van der Waals surface area contributed by atoms with Crippen LogP contribution >= 0.6 is 0 Å². The third-order valence-electron chi connectivity index (χ3n) is 3.88. The zero-order valence-electron chi connectivity index (χ0n) is 13.2. The number of carbonyl (C=O) groups excluding carboxylic acids is 1. The number of nitrogens with zero attached hydrogens (tertiary/aromatic N) is 4. The lowest BCUT2D eigenvalue weighted by molar-refractivity contribution is 0.102. The fourth-order valence-corrected chi connectivity index (χ4v) is 2.62. The van der Waals surface area contributed by atoms with Crippen molar-refractivity contribution in [2.45, 2.75) is 0 Å². The molecule has 2 aromatic carbocycles. The molecule has 1 amide bonds. The second-order valence-electron chi connectivity index (χ2n) is 5.51. The minimum Gasteiger partial charge on any atom is -0.320 e. The molecule has 0 saturated carbocycles. The van der Waals surface area contributed by atoms with Crippen LogP contribution in [-0.4, -0.2) is 30.9 Å². The van der Waals surface area contributed by atoms with Crippen molar-refractivity contribution in [1.29, 1.82) is 0 Å². The summed E-state index contributed by atoms with van der Waals surface area (Å²) in [4.78, 5) is 17.0. The summed E-state index contributed by atoms with van der Waals surface area (Å²) in [5.41, 5.74) is 2.76. The maximum Gasteiger partial charge on any atom is 0.259 e. The van der Waals surface area contributed by atoms with Crippen molar-refractivity contribution in [1.82, 2.24) is 25.0 Å². The standard InChI is InChI=1S/C17H13FN6O/c1-24-9-19-14(10-5-7-11(18)8-6-10)16(24)20-17(25)12-3-2-4-13-15(12)22-23-21-13/h2-9H,1H3,(H,20,25)(H,21,22,23). The Labute approximate surface area is 141 Å². The molecule has 0 spiro atoms. The van der Waals surface area contributed by atoms with Gasteiger partial charge in [-0.2, -0.15) is 15.4 Å². The van der Waals surface area contributed by atoms with Gasteiger partial charge in [0.05, 0.1) is 11.9 Å². The molecule has 2 N–H and O–H groups in total. The summed E-state index contributed by atoms with van der Waals surface area (Å²) < 4.78 is 14.8. The fourth-order valence-electron chi connectivity index (χ4n) is 2.62. The van der Waals surface area contributed by atoms with E-state index in [-0.39, 0.29) is 11.7 Å². The number of carbonyl (C=O) groups is 1. The number of fused-ring (bicyclic) bond motifs is 1. The van der Waals surface area contributed by atoms with E-state index in [1.807, 2.05) is 0 Å². The fraction of sp³-hybridized carbons (Fsp3) is 0.0588. The summed E-state index contributed by atoms with van der Waals surface area (Å²) in [6, 6.07) is 11.1. The maximum absolute atomic E-state index is 13.1. The number of anilines is 1. The summed E-state index contributed by atoms with van der Waals surface area (Å²) in [6.45, 7) is 0. The zero-order chi connectivity index (χ0) is 17.4. The second-order valence-corrected chi connectivity index (χ2v) is 5.51. The number of hydrogen-bond acceptors (Lipinski definition) is 4. The van der Waals surface area contributed by atoms with E-state index < -0.39 is 0 Å². The number of para-hydroxylation sites is 1. The predicted octanol–water partition coefficient (Wildman–Crippen LogP) is 2.75. The monoisotopic (exact) mass is 336 g/mol. The van der Waals surface area contributed by atoms with E-state index in [2.05, 4.69) is 25.7 Å². The van der Waals surface area contributed by atoms with E-state index in [4.69, 9.17) is 0 Å². The molecule has 0 unspecified atom stereocenters. The molecule has 0 saturated heterocycles. The molecule has 4 rings (SSSR count). The van der Waals surface area contributed by atoms with Crippen LogP contribution in [-0.2, 0) is 7.05 Å². The molecule has 8 heteroatoms. The molecule has 7 nitrogen and oxygen atoms in total. The van der Waals surface area contributed by atoms with Crippen molar-refractivity contribution >= 4 is 22.8 Å². The molecule has 0 aliphatic rings. The molecule has 0 aliphatic carbocycles. The van der Waals surface area contributed by atoms with Crippen LogP contribution in [0.5, 0.6) is 0 Å². The van der Waals surface area contributed by atoms with Crippen molar-refractivity contribution in [2.75, 3.05) is 5.32 Å². The van der Waals surface area contributed by atoms with Gasteiger partial charge in [-0.15, -0.1) is 0 Å². The van der Waals surface area contributed by atoms with E-state index in [9.17, 15) is 9.18 Å². The van der Waals surface area contributed by atoms with Crippen LogP contribution in [0.15, 0.2) is 48.8 Å². The Kier molecular flexibility index (Phi) is 3.50. The lowest BCUT2D eigenvalue weighted by atomic mass is 10.1. The van der Waals surface area contributed by atoms with Gasteiger partial charge in [0.15, 0.2) is 0 Å². The molecular formula is C17H13FN6O. The highest BCUT2D eigenvalue weighted by atomic mass is 19.1. The van der Waals surface area contributed by atoms with Gasteiger partial charge in [-0.25, -0.2) is 9.37 Å². The largest absolute Gasteiger partial charge is 0.320 e. The van der Waals surface area contributed by atoms with Crippen molar-refractivity contribution in [3.8, 4) is 11.3 Å². The Balaban J connectivity index is 1.71. The highest BCUT2D eigenvalue weighted by molar-refractivity contribution is 6.11. The minimum absolute atomic E-state index is 0.327. The summed E-state index contributed by atoms with van der Waals surface area (Å²) >= 11 is 0. The number of benzene rings is 2. The van der Waals surface area contributed by atoms with Crippen LogP contribution in [0.3, 0.4) is 0 Å². The van der Waals surface area contributed by atoms with Gasteiger partial charge in [-0.05, 0) is 36.4 Å². The number of aromatic nitrogens is 5. The Morgan fingerprint density at radius 1 is 1.16 bits per heavy atom. The lowest BCUT2D eigenvalue weighted by Gasteiger charge is -2.09. The van der Waals surface area contributed by atoms with Crippen molar-refractivity contribution < 1.29 is 9.18 Å². The molecule has 25 heavy (non-hydrogen) atoms. The summed E-state index contributed by atoms with van der Waals surface area (Å²) in [5.74, 6) is -0.147. The van der Waals surface area contributed by atoms with Crippen molar-refractivity contribution in [2.24, 2.45) is 7.05 Å². The van der Waals surface area contributed by atoms with Crippen LogP contribution in [0, 0.1) is 5.82 Å². The van der Waals surface area contributed by atoms with Gasteiger partial charge in [0.2, 0.25) is 0 Å². The number of amides is 1. The van der Waals surface area contributed by atoms with Crippen LogP contribution < -0.4 is 5.32 Å². The molecule has 124 valence electrons. The third kappa shape index (κ3) is 2.63. The molecule has 2 aromatic heterocycles. The van der Waals surface area contributed by atoms with Crippen LogP contribution in [0.1, 0.15) is 10.4 Å². The van der Waals surface area contributed by atoms with Crippen LogP contribution in [0.25, 0.3) is 22.3 Å². The maximum atomic E-state index is 13.1. The van der Waals surface area contributed by atoms with Crippen LogP contribution in [0.2, 0.25) is 0 Å². The average molecular weight is 336 g/mol. The first-order valence-electron chi connectivity index (χ1n) is 7.51. The van der Waals surface area contributed by atoms with E-state index in [0.717, 1.165) is 0 Å². The second kappa shape index (κ2) is 5.82. The average Bonchev–Trinajstić information content (AvgIpc) is 3.23. The highest BCUT2D eigenvalue weighted by Gasteiger charge is 2.18. The van der Waals surface area contributed by atoms with Gasteiger partial charge in [0.25, 0.3) is 5.91 Å². The van der Waals surface area contributed by atoms with Gasteiger partial charge < -0.3 is 9.88 Å². The summed E-state index contributed by atoms with van der Waals surface area (Å²) in [5, 5.41) is 13.4. The molecule has 0 atom stereocenters. The quantitative estimate of drug-likeness (QED) is 0.602. The van der Waals surface area contributed by atoms with Crippen molar-refractivity contribution in [3.05, 3.63) is 60.2 Å². The number of H-pyrrole nitrogens is 1. The first-order chi connectivity index (χ1) is 12.1. The summed E-state index contributed by atoms with van der Waals surface area (Å²) in [7, 11) is 1.77.